The number of nitrogens with one attached hydrogen (secondary N) is 1. The van der Waals surface area contributed by atoms with E-state index < -0.39 is 5.91 Å². The summed E-state index contributed by atoms with van der Waals surface area (Å²) in [6.45, 7) is 1.95. The Morgan fingerprint density at radius 3 is 2.85 bits per heavy atom. The molecule has 0 saturated carbocycles. The van der Waals surface area contributed by atoms with Gasteiger partial charge in [0.05, 0.1) is 22.9 Å². The Hall–Kier alpha value is -2.94. The molecule has 136 valence electrons. The highest BCUT2D eigenvalue weighted by atomic mass is 79.9. The fraction of sp³-hybridized carbons (Fsp3) is 0.176. The number of benzene rings is 1. The normalized spacial score (nSPS) is 10.5. The van der Waals surface area contributed by atoms with Crippen molar-refractivity contribution in [2.45, 2.75) is 6.92 Å². The third kappa shape index (κ3) is 5.55. The van der Waals surface area contributed by atoms with Gasteiger partial charge in [0.15, 0.2) is 18.1 Å². The van der Waals surface area contributed by atoms with Crippen molar-refractivity contribution in [3.05, 3.63) is 52.3 Å². The van der Waals surface area contributed by atoms with Gasteiger partial charge in [0.25, 0.3) is 11.8 Å². The van der Waals surface area contributed by atoms with Gasteiger partial charge in [0.1, 0.15) is 0 Å². The first-order valence-electron chi connectivity index (χ1n) is 7.62. The van der Waals surface area contributed by atoms with Crippen LogP contribution in [-0.2, 0) is 4.79 Å². The van der Waals surface area contributed by atoms with Crippen LogP contribution >= 0.6 is 15.9 Å². The first-order valence-corrected chi connectivity index (χ1v) is 8.41. The topological polar surface area (TPSA) is 116 Å². The van der Waals surface area contributed by atoms with E-state index in [0.29, 0.717) is 33.7 Å². The molecule has 1 aromatic carbocycles. The molecule has 3 N–H and O–H groups in total. The summed E-state index contributed by atoms with van der Waals surface area (Å²) in [7, 11) is 0. The molecule has 0 unspecified atom stereocenters. The van der Waals surface area contributed by atoms with Crippen molar-refractivity contribution in [3.63, 3.8) is 0 Å². The molecule has 1 heterocycles. The van der Waals surface area contributed by atoms with Gasteiger partial charge < -0.3 is 15.2 Å². The summed E-state index contributed by atoms with van der Waals surface area (Å²) >= 11 is 3.36. The van der Waals surface area contributed by atoms with Crippen LogP contribution in [0.2, 0.25) is 0 Å². The molecular formula is C17H17BrN4O4. The zero-order valence-corrected chi connectivity index (χ0v) is 15.5. The Labute approximate surface area is 158 Å². The zero-order chi connectivity index (χ0) is 18.9. The van der Waals surface area contributed by atoms with Crippen LogP contribution in [0.3, 0.4) is 0 Å². The summed E-state index contributed by atoms with van der Waals surface area (Å²) in [6, 6.07) is 6.67. The number of nitrogens with two attached hydrogens (primary N) is 1. The first kappa shape index (κ1) is 19.4. The maximum absolute atomic E-state index is 11.9. The largest absolute Gasteiger partial charge is 0.490 e. The first-order chi connectivity index (χ1) is 12.5. The van der Waals surface area contributed by atoms with E-state index in [1.807, 2.05) is 6.92 Å². The van der Waals surface area contributed by atoms with Crippen molar-refractivity contribution in [1.29, 1.82) is 0 Å². The number of carbonyl (C=O) groups is 2. The molecule has 0 bridgehead atoms. The number of primary amides is 1. The lowest BCUT2D eigenvalue weighted by molar-refractivity contribution is -0.119. The molecule has 0 aliphatic carbocycles. The van der Waals surface area contributed by atoms with Crippen LogP contribution in [0, 0.1) is 0 Å². The summed E-state index contributed by atoms with van der Waals surface area (Å²) in [4.78, 5) is 26.7. The number of hydrogen-bond acceptors (Lipinski definition) is 6. The lowest BCUT2D eigenvalue weighted by Crippen LogP contribution is -2.20. The predicted octanol–water partition coefficient (Wildman–Crippen LogP) is 1.87. The SMILES string of the molecule is CCOc1cc(/C=N/NC(=O)c2cccnc2)cc(Br)c1OCC(N)=O. The minimum absolute atomic E-state index is 0.271. The zero-order valence-electron chi connectivity index (χ0n) is 13.9. The Morgan fingerprint density at radius 2 is 2.19 bits per heavy atom. The average Bonchev–Trinajstić information content (AvgIpc) is 2.61. The number of halogens is 1. The minimum Gasteiger partial charge on any atom is -0.490 e. The van der Waals surface area contributed by atoms with E-state index in [1.54, 1.807) is 30.5 Å². The van der Waals surface area contributed by atoms with E-state index in [1.165, 1.54) is 12.4 Å². The van der Waals surface area contributed by atoms with Crippen molar-refractivity contribution in [3.8, 4) is 11.5 Å². The Kier molecular flexibility index (Phi) is 7.10. The summed E-state index contributed by atoms with van der Waals surface area (Å²) in [5.74, 6) is -0.187. The van der Waals surface area contributed by atoms with E-state index >= 15 is 0 Å². The van der Waals surface area contributed by atoms with Gasteiger partial charge in [-0.15, -0.1) is 0 Å². The van der Waals surface area contributed by atoms with Gasteiger partial charge in [-0.25, -0.2) is 5.43 Å². The van der Waals surface area contributed by atoms with Crippen molar-refractivity contribution < 1.29 is 19.1 Å². The van der Waals surface area contributed by atoms with E-state index in [-0.39, 0.29) is 12.5 Å². The van der Waals surface area contributed by atoms with Crippen LogP contribution in [0.1, 0.15) is 22.8 Å². The third-order valence-corrected chi connectivity index (χ3v) is 3.58. The van der Waals surface area contributed by atoms with Gasteiger partial charge in [0.2, 0.25) is 0 Å². The number of pyridine rings is 1. The highest BCUT2D eigenvalue weighted by molar-refractivity contribution is 9.10. The Morgan fingerprint density at radius 1 is 1.38 bits per heavy atom. The molecule has 1 aromatic heterocycles. The minimum atomic E-state index is -0.594. The molecule has 2 rings (SSSR count). The average molecular weight is 421 g/mol. The van der Waals surface area contributed by atoms with Crippen LogP contribution in [0.4, 0.5) is 0 Å². The molecule has 0 radical (unpaired) electrons. The fourth-order valence-electron chi connectivity index (χ4n) is 1.94. The number of carbonyl (C=O) groups excluding carboxylic acids is 2. The molecule has 9 heteroatoms. The van der Waals surface area contributed by atoms with E-state index in [9.17, 15) is 9.59 Å². The second kappa shape index (κ2) is 9.52. The number of nitrogens with zero attached hydrogens (tertiary/aromatic N) is 2. The third-order valence-electron chi connectivity index (χ3n) is 2.99. The predicted molar refractivity (Wildman–Crippen MR) is 99.3 cm³/mol. The van der Waals surface area contributed by atoms with Crippen molar-refractivity contribution >= 4 is 34.0 Å². The molecule has 0 aliphatic heterocycles. The molecule has 0 spiro atoms. The number of hydrogen-bond donors (Lipinski definition) is 2. The van der Waals surface area contributed by atoms with E-state index in [0.717, 1.165) is 0 Å². The smallest absolute Gasteiger partial charge is 0.272 e. The molecule has 0 aliphatic rings. The van der Waals surface area contributed by atoms with Gasteiger partial charge in [-0.2, -0.15) is 5.10 Å². The number of ether oxygens (including phenoxy) is 2. The molecule has 0 atom stereocenters. The maximum Gasteiger partial charge on any atom is 0.272 e. The number of rotatable bonds is 8. The lowest BCUT2D eigenvalue weighted by Gasteiger charge is -2.13. The van der Waals surface area contributed by atoms with E-state index in [2.05, 4.69) is 31.4 Å². The van der Waals surface area contributed by atoms with Gasteiger partial charge in [-0.05, 0) is 52.7 Å². The standard InChI is InChI=1S/C17H17BrN4O4/c1-2-25-14-7-11(6-13(18)16(14)26-10-15(19)23)8-21-22-17(24)12-4-3-5-20-9-12/h3-9H,2,10H2,1H3,(H2,19,23)(H,22,24)/b21-8+. The van der Waals surface area contributed by atoms with Gasteiger partial charge in [0, 0.05) is 12.4 Å². The number of aromatic nitrogens is 1. The number of amides is 2. The molecule has 2 aromatic rings. The van der Waals surface area contributed by atoms with Crippen LogP contribution < -0.4 is 20.6 Å². The molecule has 26 heavy (non-hydrogen) atoms. The highest BCUT2D eigenvalue weighted by Gasteiger charge is 2.13. The fourth-order valence-corrected chi connectivity index (χ4v) is 2.51. The second-order valence-electron chi connectivity index (χ2n) is 4.96. The summed E-state index contributed by atoms with van der Waals surface area (Å²) in [5, 5.41) is 3.92. The molecule has 8 nitrogen and oxygen atoms in total. The molecule has 0 fully saturated rings. The molecular weight excluding hydrogens is 404 g/mol. The summed E-state index contributed by atoms with van der Waals surface area (Å²) < 4.78 is 11.5. The highest BCUT2D eigenvalue weighted by Crippen LogP contribution is 2.36. The number of hydrazone groups is 1. The maximum atomic E-state index is 11.9. The van der Waals surface area contributed by atoms with Gasteiger partial charge in [-0.3, -0.25) is 14.6 Å². The van der Waals surface area contributed by atoms with Crippen LogP contribution in [0.5, 0.6) is 11.5 Å². The van der Waals surface area contributed by atoms with Crippen molar-refractivity contribution in [1.82, 2.24) is 10.4 Å². The van der Waals surface area contributed by atoms with Crippen LogP contribution in [0.25, 0.3) is 0 Å². The van der Waals surface area contributed by atoms with Gasteiger partial charge >= 0.3 is 0 Å². The summed E-state index contributed by atoms with van der Waals surface area (Å²) in [5.41, 5.74) is 8.57. The van der Waals surface area contributed by atoms with Crippen LogP contribution in [-0.4, -0.2) is 36.2 Å². The van der Waals surface area contributed by atoms with E-state index in [4.69, 9.17) is 15.2 Å². The monoisotopic (exact) mass is 420 g/mol. The molecule has 0 saturated heterocycles. The van der Waals surface area contributed by atoms with Gasteiger partial charge in [-0.1, -0.05) is 0 Å². The summed E-state index contributed by atoms with van der Waals surface area (Å²) in [6.07, 6.45) is 4.48. The molecule has 2 amide bonds. The van der Waals surface area contributed by atoms with Crippen molar-refractivity contribution in [2.24, 2.45) is 10.8 Å². The Bertz CT molecular complexity index is 812. The second-order valence-corrected chi connectivity index (χ2v) is 5.81. The van der Waals surface area contributed by atoms with Crippen LogP contribution in [0.15, 0.2) is 46.2 Å². The lowest BCUT2D eigenvalue weighted by atomic mass is 10.2. The van der Waals surface area contributed by atoms with Crippen molar-refractivity contribution in [2.75, 3.05) is 13.2 Å². The quantitative estimate of drug-likeness (QED) is 0.499. The Balaban J connectivity index is 2.13.